The third-order valence-electron chi connectivity index (χ3n) is 5.73. The summed E-state index contributed by atoms with van der Waals surface area (Å²) in [6.07, 6.45) is 2.35. The first-order valence-electron chi connectivity index (χ1n) is 11.8. The monoisotopic (exact) mass is 442 g/mol. The summed E-state index contributed by atoms with van der Waals surface area (Å²) in [5.41, 5.74) is 4.33. The van der Waals surface area contributed by atoms with E-state index in [1.165, 1.54) is 0 Å². The largest absolute Gasteiger partial charge is 0.354 e. The summed E-state index contributed by atoms with van der Waals surface area (Å²) in [6, 6.07) is 27.5. The Kier molecular flexibility index (Phi) is 9.25. The maximum Gasteiger partial charge on any atom is 0.243 e. The molecule has 0 fully saturated rings. The molecule has 172 valence electrons. The van der Waals surface area contributed by atoms with E-state index in [-0.39, 0.29) is 11.8 Å². The predicted octanol–water partition coefficient (Wildman–Crippen LogP) is 5.09. The summed E-state index contributed by atoms with van der Waals surface area (Å²) in [5, 5.41) is 3.03. The Bertz CT molecular complexity index is 1020. The van der Waals surface area contributed by atoms with Crippen LogP contribution in [0.5, 0.6) is 0 Å². The molecule has 3 aromatic carbocycles. The second kappa shape index (κ2) is 12.6. The normalized spacial score (nSPS) is 11.6. The Labute approximate surface area is 197 Å². The molecule has 0 unspecified atom stereocenters. The minimum atomic E-state index is -0.567. The number of hydrogen-bond acceptors (Lipinski definition) is 2. The number of nitrogens with one attached hydrogen (secondary N) is 1. The van der Waals surface area contributed by atoms with Crippen molar-refractivity contribution in [2.75, 3.05) is 6.54 Å². The topological polar surface area (TPSA) is 49.4 Å². The standard InChI is InChI=1S/C29H34N2O2/c1-3-19-30-29(33)27(21-25-14-8-5-9-15-25)31(22-26-16-10-11-23(2)20-26)28(32)18-17-24-12-6-4-7-13-24/h4-16,20,27H,3,17-19,21-22H2,1-2H3,(H,30,33)/t27-/m0/s1. The zero-order chi connectivity index (χ0) is 23.5. The van der Waals surface area contributed by atoms with Crippen molar-refractivity contribution in [2.45, 2.75) is 52.1 Å². The molecule has 0 radical (unpaired) electrons. The van der Waals surface area contributed by atoms with Gasteiger partial charge in [-0.25, -0.2) is 0 Å². The molecule has 1 atom stereocenters. The van der Waals surface area contributed by atoms with Gasteiger partial charge < -0.3 is 10.2 Å². The van der Waals surface area contributed by atoms with Crippen LogP contribution in [0.4, 0.5) is 0 Å². The minimum absolute atomic E-state index is 0.00654. The van der Waals surface area contributed by atoms with Gasteiger partial charge in [0, 0.05) is 25.9 Å². The third-order valence-corrected chi connectivity index (χ3v) is 5.73. The van der Waals surface area contributed by atoms with Gasteiger partial charge in [-0.3, -0.25) is 9.59 Å². The van der Waals surface area contributed by atoms with Gasteiger partial charge in [0.05, 0.1) is 0 Å². The summed E-state index contributed by atoms with van der Waals surface area (Å²) in [6.45, 7) is 5.08. The molecule has 0 bridgehead atoms. The summed E-state index contributed by atoms with van der Waals surface area (Å²) in [4.78, 5) is 28.6. The molecule has 4 heteroatoms. The molecule has 0 aliphatic heterocycles. The SMILES string of the molecule is CCCNC(=O)[C@H](Cc1ccccc1)N(Cc1cccc(C)c1)C(=O)CCc1ccccc1. The van der Waals surface area contributed by atoms with E-state index < -0.39 is 6.04 Å². The van der Waals surface area contributed by atoms with Gasteiger partial charge in [-0.15, -0.1) is 0 Å². The Morgan fingerprint density at radius 1 is 0.848 bits per heavy atom. The van der Waals surface area contributed by atoms with Crippen LogP contribution in [-0.4, -0.2) is 29.3 Å². The van der Waals surface area contributed by atoms with E-state index in [1.54, 1.807) is 4.90 Å². The van der Waals surface area contributed by atoms with Crippen molar-refractivity contribution in [3.8, 4) is 0 Å². The van der Waals surface area contributed by atoms with Crippen molar-refractivity contribution in [1.29, 1.82) is 0 Å². The van der Waals surface area contributed by atoms with Crippen molar-refractivity contribution < 1.29 is 9.59 Å². The van der Waals surface area contributed by atoms with E-state index in [9.17, 15) is 9.59 Å². The third kappa shape index (κ3) is 7.60. The first-order valence-corrected chi connectivity index (χ1v) is 11.8. The number of rotatable bonds is 11. The molecule has 2 amide bonds. The average Bonchev–Trinajstić information content (AvgIpc) is 2.84. The number of hydrogen-bond donors (Lipinski definition) is 1. The van der Waals surface area contributed by atoms with Gasteiger partial charge in [0.1, 0.15) is 6.04 Å². The molecular formula is C29H34N2O2. The van der Waals surface area contributed by atoms with E-state index in [1.807, 2.05) is 92.7 Å². The molecule has 3 rings (SSSR count). The van der Waals surface area contributed by atoms with Gasteiger partial charge >= 0.3 is 0 Å². The molecule has 0 spiro atoms. The van der Waals surface area contributed by atoms with Gasteiger partial charge in [0.2, 0.25) is 11.8 Å². The van der Waals surface area contributed by atoms with Crippen LogP contribution in [0.15, 0.2) is 84.9 Å². The first-order chi connectivity index (χ1) is 16.1. The summed E-state index contributed by atoms with van der Waals surface area (Å²) in [5.74, 6) is -0.102. The van der Waals surface area contributed by atoms with Crippen molar-refractivity contribution in [3.63, 3.8) is 0 Å². The fraction of sp³-hybridized carbons (Fsp3) is 0.310. The first kappa shape index (κ1) is 24.2. The molecule has 33 heavy (non-hydrogen) atoms. The Balaban J connectivity index is 1.88. The lowest BCUT2D eigenvalue weighted by Gasteiger charge is -2.32. The van der Waals surface area contributed by atoms with Gasteiger partial charge in [-0.1, -0.05) is 97.4 Å². The van der Waals surface area contributed by atoms with Crippen LogP contribution in [0.2, 0.25) is 0 Å². The number of aryl methyl sites for hydroxylation is 2. The number of nitrogens with zero attached hydrogens (tertiary/aromatic N) is 1. The van der Waals surface area contributed by atoms with Crippen LogP contribution in [0.1, 0.15) is 42.0 Å². The summed E-state index contributed by atoms with van der Waals surface area (Å²) >= 11 is 0. The van der Waals surface area contributed by atoms with Crippen LogP contribution in [0, 0.1) is 6.92 Å². The number of carbonyl (C=O) groups excluding carboxylic acids is 2. The second-order valence-electron chi connectivity index (χ2n) is 8.49. The highest BCUT2D eigenvalue weighted by molar-refractivity contribution is 5.88. The van der Waals surface area contributed by atoms with Crippen molar-refractivity contribution in [2.24, 2.45) is 0 Å². The highest BCUT2D eigenvalue weighted by Crippen LogP contribution is 2.17. The molecule has 0 saturated carbocycles. The van der Waals surface area contributed by atoms with E-state index in [0.29, 0.717) is 32.4 Å². The zero-order valence-corrected chi connectivity index (χ0v) is 19.7. The van der Waals surface area contributed by atoms with Crippen LogP contribution in [0.25, 0.3) is 0 Å². The van der Waals surface area contributed by atoms with Gasteiger partial charge in [0.25, 0.3) is 0 Å². The molecule has 0 aliphatic rings. The highest BCUT2D eigenvalue weighted by atomic mass is 16.2. The van der Waals surface area contributed by atoms with E-state index >= 15 is 0 Å². The maximum atomic E-state index is 13.6. The molecule has 3 aromatic rings. The number of benzene rings is 3. The number of carbonyl (C=O) groups is 2. The maximum absolute atomic E-state index is 13.6. The highest BCUT2D eigenvalue weighted by Gasteiger charge is 2.30. The molecule has 0 aromatic heterocycles. The predicted molar refractivity (Wildman–Crippen MR) is 134 cm³/mol. The van der Waals surface area contributed by atoms with Crippen LogP contribution < -0.4 is 5.32 Å². The molecule has 0 aliphatic carbocycles. The Hall–Kier alpha value is -3.40. The molecule has 0 heterocycles. The van der Waals surface area contributed by atoms with Gasteiger partial charge in [-0.2, -0.15) is 0 Å². The lowest BCUT2D eigenvalue weighted by atomic mass is 10.0. The van der Waals surface area contributed by atoms with E-state index in [4.69, 9.17) is 0 Å². The second-order valence-corrected chi connectivity index (χ2v) is 8.49. The lowest BCUT2D eigenvalue weighted by molar-refractivity contribution is -0.141. The van der Waals surface area contributed by atoms with Gasteiger partial charge in [-0.05, 0) is 36.5 Å². The molecule has 4 nitrogen and oxygen atoms in total. The van der Waals surface area contributed by atoms with Gasteiger partial charge in [0.15, 0.2) is 0 Å². The zero-order valence-electron chi connectivity index (χ0n) is 19.7. The fourth-order valence-corrected chi connectivity index (χ4v) is 3.97. The average molecular weight is 443 g/mol. The quantitative estimate of drug-likeness (QED) is 0.449. The minimum Gasteiger partial charge on any atom is -0.354 e. The van der Waals surface area contributed by atoms with Crippen molar-refractivity contribution in [3.05, 3.63) is 107 Å². The Morgan fingerprint density at radius 2 is 1.48 bits per heavy atom. The Morgan fingerprint density at radius 3 is 2.12 bits per heavy atom. The lowest BCUT2D eigenvalue weighted by Crippen LogP contribution is -2.50. The molecular weight excluding hydrogens is 408 g/mol. The fourth-order valence-electron chi connectivity index (χ4n) is 3.97. The van der Waals surface area contributed by atoms with E-state index in [2.05, 4.69) is 11.4 Å². The molecule has 1 N–H and O–H groups in total. The van der Waals surface area contributed by atoms with Crippen LogP contribution in [0.3, 0.4) is 0 Å². The molecule has 0 saturated heterocycles. The van der Waals surface area contributed by atoms with Crippen LogP contribution >= 0.6 is 0 Å². The van der Waals surface area contributed by atoms with Crippen molar-refractivity contribution >= 4 is 11.8 Å². The number of amides is 2. The summed E-state index contributed by atoms with van der Waals surface area (Å²) in [7, 11) is 0. The van der Waals surface area contributed by atoms with E-state index in [0.717, 1.165) is 28.7 Å². The smallest absolute Gasteiger partial charge is 0.243 e. The summed E-state index contributed by atoms with van der Waals surface area (Å²) < 4.78 is 0. The van der Waals surface area contributed by atoms with Crippen molar-refractivity contribution in [1.82, 2.24) is 10.2 Å². The van der Waals surface area contributed by atoms with Crippen LogP contribution in [-0.2, 0) is 29.0 Å².